The number of anilines is 1. The highest BCUT2D eigenvalue weighted by Crippen LogP contribution is 2.29. The third-order valence-electron chi connectivity index (χ3n) is 3.40. The lowest BCUT2D eigenvalue weighted by molar-refractivity contribution is 0.102. The van der Waals surface area contributed by atoms with Gasteiger partial charge in [0.2, 0.25) is 10.0 Å². The number of hydrogen-bond donors (Lipinski definition) is 2. The van der Waals surface area contributed by atoms with Gasteiger partial charge in [-0.15, -0.1) is 0 Å². The molecule has 2 aromatic rings. The highest BCUT2D eigenvalue weighted by atomic mass is 32.2. The maximum atomic E-state index is 12.5. The summed E-state index contributed by atoms with van der Waals surface area (Å²) in [5.74, 6) is 0.560. The highest BCUT2D eigenvalue weighted by molar-refractivity contribution is 7.89. The molecule has 8 heteroatoms. The zero-order valence-corrected chi connectivity index (χ0v) is 15.0. The Labute approximate surface area is 147 Å². The number of amides is 1. The molecule has 134 valence electrons. The van der Waals surface area contributed by atoms with E-state index in [0.29, 0.717) is 17.2 Å². The van der Waals surface area contributed by atoms with Crippen LogP contribution in [0.1, 0.15) is 17.3 Å². The van der Waals surface area contributed by atoms with Gasteiger partial charge >= 0.3 is 0 Å². The molecule has 1 amide bonds. The van der Waals surface area contributed by atoms with Crippen molar-refractivity contribution in [3.8, 4) is 11.5 Å². The minimum Gasteiger partial charge on any atom is -0.497 e. The molecule has 0 atom stereocenters. The molecule has 0 aliphatic rings. The zero-order chi connectivity index (χ0) is 18.4. The zero-order valence-electron chi connectivity index (χ0n) is 14.2. The van der Waals surface area contributed by atoms with Crippen LogP contribution in [0.15, 0.2) is 47.4 Å². The Hall–Kier alpha value is -2.58. The van der Waals surface area contributed by atoms with Crippen molar-refractivity contribution < 1.29 is 22.7 Å². The molecule has 2 aromatic carbocycles. The molecular weight excluding hydrogens is 344 g/mol. The maximum absolute atomic E-state index is 12.5. The molecule has 2 rings (SSSR count). The number of methoxy groups -OCH3 is 2. The number of rotatable bonds is 7. The van der Waals surface area contributed by atoms with Gasteiger partial charge in [-0.1, -0.05) is 13.0 Å². The number of sulfonamides is 1. The van der Waals surface area contributed by atoms with E-state index >= 15 is 0 Å². The van der Waals surface area contributed by atoms with Gasteiger partial charge in [0.15, 0.2) is 0 Å². The third kappa shape index (κ3) is 4.49. The average molecular weight is 364 g/mol. The van der Waals surface area contributed by atoms with E-state index in [1.165, 1.54) is 38.5 Å². The monoisotopic (exact) mass is 364 g/mol. The fourth-order valence-electron chi connectivity index (χ4n) is 2.18. The lowest BCUT2D eigenvalue weighted by Crippen LogP contribution is -2.23. The Morgan fingerprint density at radius 1 is 1.08 bits per heavy atom. The summed E-state index contributed by atoms with van der Waals surface area (Å²) in [7, 11) is -0.634. The number of carbonyl (C=O) groups excluding carboxylic acids is 1. The molecule has 0 saturated carbocycles. The van der Waals surface area contributed by atoms with Crippen molar-refractivity contribution in [2.75, 3.05) is 26.1 Å². The molecule has 0 aliphatic carbocycles. The van der Waals surface area contributed by atoms with Gasteiger partial charge in [-0.2, -0.15) is 0 Å². The van der Waals surface area contributed by atoms with E-state index in [4.69, 9.17) is 9.47 Å². The van der Waals surface area contributed by atoms with Crippen LogP contribution < -0.4 is 19.5 Å². The molecule has 0 unspecified atom stereocenters. The molecule has 0 bridgehead atoms. The molecule has 0 fully saturated rings. The quantitative estimate of drug-likeness (QED) is 0.786. The second kappa shape index (κ2) is 8.00. The summed E-state index contributed by atoms with van der Waals surface area (Å²) in [6, 6.07) is 10.8. The van der Waals surface area contributed by atoms with Gasteiger partial charge in [0.05, 0.1) is 24.8 Å². The van der Waals surface area contributed by atoms with E-state index < -0.39 is 15.9 Å². The van der Waals surface area contributed by atoms with E-state index in [2.05, 4.69) is 10.0 Å². The molecule has 0 aliphatic heterocycles. The molecule has 0 spiro atoms. The number of hydrogen-bond acceptors (Lipinski definition) is 5. The minimum atomic E-state index is -3.64. The molecular formula is C17H20N2O5S. The topological polar surface area (TPSA) is 93.7 Å². The van der Waals surface area contributed by atoms with Crippen LogP contribution in [0.25, 0.3) is 0 Å². The van der Waals surface area contributed by atoms with Crippen molar-refractivity contribution in [2.45, 2.75) is 11.8 Å². The standard InChI is InChI=1S/C17H20N2O5S/c1-4-18-25(21,22)14-7-5-6-12(10-14)17(20)19-15-11-13(23-2)8-9-16(15)24-3/h5-11,18H,4H2,1-3H3,(H,19,20). The first-order valence-corrected chi connectivity index (χ1v) is 9.02. The van der Waals surface area contributed by atoms with Crippen LogP contribution in [-0.2, 0) is 10.0 Å². The summed E-state index contributed by atoms with van der Waals surface area (Å²) in [5.41, 5.74) is 0.635. The van der Waals surface area contributed by atoms with E-state index in [9.17, 15) is 13.2 Å². The van der Waals surface area contributed by atoms with Crippen LogP contribution in [0.4, 0.5) is 5.69 Å². The predicted molar refractivity (Wildman–Crippen MR) is 94.8 cm³/mol. The van der Waals surface area contributed by atoms with Crippen LogP contribution in [0, 0.1) is 0 Å². The van der Waals surface area contributed by atoms with E-state index in [-0.39, 0.29) is 17.0 Å². The number of carbonyl (C=O) groups is 1. The normalized spacial score (nSPS) is 11.0. The Morgan fingerprint density at radius 2 is 1.84 bits per heavy atom. The Kier molecular flexibility index (Phi) is 6.00. The van der Waals surface area contributed by atoms with Crippen molar-refractivity contribution in [3.05, 3.63) is 48.0 Å². The number of ether oxygens (including phenoxy) is 2. The Bertz CT molecular complexity index is 865. The smallest absolute Gasteiger partial charge is 0.255 e. The van der Waals surface area contributed by atoms with Gasteiger partial charge < -0.3 is 14.8 Å². The maximum Gasteiger partial charge on any atom is 0.255 e. The first-order chi connectivity index (χ1) is 11.9. The molecule has 7 nitrogen and oxygen atoms in total. The van der Waals surface area contributed by atoms with E-state index in [1.807, 2.05) is 0 Å². The van der Waals surface area contributed by atoms with Crippen molar-refractivity contribution in [3.63, 3.8) is 0 Å². The lowest BCUT2D eigenvalue weighted by atomic mass is 10.2. The molecule has 0 saturated heterocycles. The Morgan fingerprint density at radius 3 is 2.48 bits per heavy atom. The molecule has 0 radical (unpaired) electrons. The first-order valence-electron chi connectivity index (χ1n) is 7.54. The highest BCUT2D eigenvalue weighted by Gasteiger charge is 2.16. The van der Waals surface area contributed by atoms with E-state index in [0.717, 1.165) is 0 Å². The van der Waals surface area contributed by atoms with Gasteiger partial charge in [-0.25, -0.2) is 13.1 Å². The van der Waals surface area contributed by atoms with Crippen LogP contribution in [-0.4, -0.2) is 35.1 Å². The largest absolute Gasteiger partial charge is 0.497 e. The summed E-state index contributed by atoms with van der Waals surface area (Å²) in [4.78, 5) is 12.5. The fourth-order valence-corrected chi connectivity index (χ4v) is 3.27. The second-order valence-corrected chi connectivity index (χ2v) is 6.82. The first kappa shape index (κ1) is 18.8. The van der Waals surface area contributed by atoms with Crippen molar-refractivity contribution >= 4 is 21.6 Å². The van der Waals surface area contributed by atoms with Gasteiger partial charge in [0, 0.05) is 18.2 Å². The summed E-state index contributed by atoms with van der Waals surface area (Å²) < 4.78 is 36.9. The van der Waals surface area contributed by atoms with Gasteiger partial charge in [0.1, 0.15) is 11.5 Å². The summed E-state index contributed by atoms with van der Waals surface area (Å²) in [6.45, 7) is 1.95. The van der Waals surface area contributed by atoms with Crippen molar-refractivity contribution in [1.82, 2.24) is 4.72 Å². The number of nitrogens with one attached hydrogen (secondary N) is 2. The molecule has 0 heterocycles. The summed E-state index contributed by atoms with van der Waals surface area (Å²) in [5, 5.41) is 2.70. The Balaban J connectivity index is 2.31. The SMILES string of the molecule is CCNS(=O)(=O)c1cccc(C(=O)Nc2cc(OC)ccc2OC)c1. The minimum absolute atomic E-state index is 0.0274. The van der Waals surface area contributed by atoms with Gasteiger partial charge in [-0.05, 0) is 30.3 Å². The van der Waals surface area contributed by atoms with Crippen molar-refractivity contribution in [2.24, 2.45) is 0 Å². The lowest BCUT2D eigenvalue weighted by Gasteiger charge is -2.12. The molecule has 25 heavy (non-hydrogen) atoms. The predicted octanol–water partition coefficient (Wildman–Crippen LogP) is 2.25. The van der Waals surface area contributed by atoms with Gasteiger partial charge in [0.25, 0.3) is 5.91 Å². The molecule has 0 aromatic heterocycles. The fraction of sp³-hybridized carbons (Fsp3) is 0.235. The molecule has 2 N–H and O–H groups in total. The number of benzene rings is 2. The van der Waals surface area contributed by atoms with Crippen LogP contribution in [0.5, 0.6) is 11.5 Å². The summed E-state index contributed by atoms with van der Waals surface area (Å²) >= 11 is 0. The average Bonchev–Trinajstić information content (AvgIpc) is 2.61. The summed E-state index contributed by atoms with van der Waals surface area (Å²) in [6.07, 6.45) is 0. The van der Waals surface area contributed by atoms with Crippen LogP contribution in [0.3, 0.4) is 0 Å². The van der Waals surface area contributed by atoms with Gasteiger partial charge in [-0.3, -0.25) is 4.79 Å². The third-order valence-corrected chi connectivity index (χ3v) is 4.94. The van der Waals surface area contributed by atoms with Crippen LogP contribution >= 0.6 is 0 Å². The van der Waals surface area contributed by atoms with E-state index in [1.54, 1.807) is 25.1 Å². The van der Waals surface area contributed by atoms with Crippen molar-refractivity contribution in [1.29, 1.82) is 0 Å². The van der Waals surface area contributed by atoms with Crippen LogP contribution in [0.2, 0.25) is 0 Å². The second-order valence-electron chi connectivity index (χ2n) is 5.05.